The molecule has 1 unspecified atom stereocenters. The van der Waals surface area contributed by atoms with Gasteiger partial charge in [-0.05, 0) is 29.5 Å². The van der Waals surface area contributed by atoms with Gasteiger partial charge >= 0.3 is 0 Å². The van der Waals surface area contributed by atoms with Crippen molar-refractivity contribution in [2.24, 2.45) is 5.41 Å². The second-order valence-corrected chi connectivity index (χ2v) is 7.63. The van der Waals surface area contributed by atoms with E-state index in [2.05, 4.69) is 48.4 Å². The lowest BCUT2D eigenvalue weighted by molar-refractivity contribution is 0.0948. The molecule has 4 heteroatoms. The Morgan fingerprint density at radius 1 is 1.12 bits per heavy atom. The van der Waals surface area contributed by atoms with E-state index in [-0.39, 0.29) is 16.7 Å². The second-order valence-electron chi connectivity index (χ2n) is 7.63. The largest absolute Gasteiger partial charge is 0.444 e. The van der Waals surface area contributed by atoms with Gasteiger partial charge in [0.15, 0.2) is 12.2 Å². The summed E-state index contributed by atoms with van der Waals surface area (Å²) in [4.78, 5) is 16.5. The smallest absolute Gasteiger partial charge is 0.251 e. The maximum Gasteiger partial charge on any atom is 0.251 e. The maximum atomic E-state index is 12.6. The predicted molar refractivity (Wildman–Crippen MR) is 101 cm³/mol. The van der Waals surface area contributed by atoms with E-state index in [0.29, 0.717) is 17.9 Å². The van der Waals surface area contributed by atoms with Crippen molar-refractivity contribution in [3.05, 3.63) is 78.3 Å². The van der Waals surface area contributed by atoms with Gasteiger partial charge in [0, 0.05) is 23.1 Å². The molecule has 4 rings (SSSR count). The van der Waals surface area contributed by atoms with Crippen LogP contribution in [0.15, 0.2) is 71.6 Å². The number of nitrogens with zero attached hydrogens (tertiary/aromatic N) is 1. The molecule has 26 heavy (non-hydrogen) atoms. The normalized spacial score (nSPS) is 20.5. The van der Waals surface area contributed by atoms with Crippen molar-refractivity contribution in [1.29, 1.82) is 0 Å². The Morgan fingerprint density at radius 2 is 1.81 bits per heavy atom. The quantitative estimate of drug-likeness (QED) is 0.743. The van der Waals surface area contributed by atoms with Crippen LogP contribution in [0.2, 0.25) is 0 Å². The summed E-state index contributed by atoms with van der Waals surface area (Å²) in [6.07, 6.45) is 4.14. The highest BCUT2D eigenvalue weighted by atomic mass is 16.3. The minimum Gasteiger partial charge on any atom is -0.444 e. The monoisotopic (exact) mass is 346 g/mol. The van der Waals surface area contributed by atoms with Gasteiger partial charge in [-0.1, -0.05) is 56.3 Å². The summed E-state index contributed by atoms with van der Waals surface area (Å²) >= 11 is 0. The molecule has 132 valence electrons. The van der Waals surface area contributed by atoms with Crippen LogP contribution in [0.5, 0.6) is 0 Å². The van der Waals surface area contributed by atoms with Crippen LogP contribution in [0.1, 0.15) is 36.2 Å². The van der Waals surface area contributed by atoms with Gasteiger partial charge in [-0.15, -0.1) is 0 Å². The zero-order valence-corrected chi connectivity index (χ0v) is 15.0. The number of hydrogen-bond donors (Lipinski definition) is 1. The first-order valence-corrected chi connectivity index (χ1v) is 8.85. The minimum atomic E-state index is -0.0490. The molecule has 1 aliphatic carbocycles. The molecule has 1 N–H and O–H groups in total. The Bertz CT molecular complexity index is 899. The highest BCUT2D eigenvalue weighted by Crippen LogP contribution is 2.63. The van der Waals surface area contributed by atoms with Crippen molar-refractivity contribution < 1.29 is 9.21 Å². The predicted octanol–water partition coefficient (Wildman–Crippen LogP) is 4.44. The number of rotatable bonds is 5. The van der Waals surface area contributed by atoms with E-state index < -0.39 is 0 Å². The topological polar surface area (TPSA) is 55.1 Å². The van der Waals surface area contributed by atoms with Crippen molar-refractivity contribution in [1.82, 2.24) is 10.3 Å². The minimum absolute atomic E-state index is 0.0176. The second kappa shape index (κ2) is 6.13. The summed E-state index contributed by atoms with van der Waals surface area (Å²) in [6.45, 7) is 5.17. The van der Waals surface area contributed by atoms with Crippen molar-refractivity contribution in [2.75, 3.05) is 6.54 Å². The molecule has 0 spiro atoms. The number of oxazole rings is 1. The van der Waals surface area contributed by atoms with Crippen LogP contribution in [-0.4, -0.2) is 17.4 Å². The molecular weight excluding hydrogens is 324 g/mol. The number of amides is 1. The van der Waals surface area contributed by atoms with Crippen LogP contribution in [0.4, 0.5) is 0 Å². The van der Waals surface area contributed by atoms with Crippen molar-refractivity contribution in [2.45, 2.75) is 25.7 Å². The molecule has 1 atom stereocenters. The van der Waals surface area contributed by atoms with Crippen LogP contribution in [-0.2, 0) is 5.41 Å². The Balaban J connectivity index is 1.47. The third kappa shape index (κ3) is 2.81. The molecule has 0 aliphatic heterocycles. The molecule has 2 aromatic carbocycles. The Labute approximate surface area is 153 Å². The summed E-state index contributed by atoms with van der Waals surface area (Å²) in [7, 11) is 0. The van der Waals surface area contributed by atoms with Crippen molar-refractivity contribution in [3.8, 4) is 11.3 Å². The summed E-state index contributed by atoms with van der Waals surface area (Å²) in [6, 6.07) is 17.9. The first kappa shape index (κ1) is 16.6. The maximum absolute atomic E-state index is 12.6. The molecule has 1 amide bonds. The lowest BCUT2D eigenvalue weighted by Crippen LogP contribution is -2.34. The average Bonchev–Trinajstić information content (AvgIpc) is 3.02. The number of carbonyl (C=O) groups is 1. The fourth-order valence-corrected chi connectivity index (χ4v) is 3.84. The van der Waals surface area contributed by atoms with Gasteiger partial charge in [-0.3, -0.25) is 4.79 Å². The van der Waals surface area contributed by atoms with Gasteiger partial charge in [0.2, 0.25) is 0 Å². The lowest BCUT2D eigenvalue weighted by Gasteiger charge is -2.22. The van der Waals surface area contributed by atoms with Crippen LogP contribution >= 0.6 is 0 Å². The zero-order valence-electron chi connectivity index (χ0n) is 15.0. The fraction of sp³-hybridized carbons (Fsp3) is 0.273. The molecule has 0 saturated heterocycles. The van der Waals surface area contributed by atoms with Crippen LogP contribution in [0.3, 0.4) is 0 Å². The van der Waals surface area contributed by atoms with E-state index in [1.807, 2.05) is 30.3 Å². The fourth-order valence-electron chi connectivity index (χ4n) is 3.84. The molecule has 4 nitrogen and oxygen atoms in total. The van der Waals surface area contributed by atoms with Crippen LogP contribution < -0.4 is 5.32 Å². The van der Waals surface area contributed by atoms with Crippen molar-refractivity contribution in [3.63, 3.8) is 0 Å². The van der Waals surface area contributed by atoms with E-state index in [4.69, 9.17) is 4.42 Å². The molecule has 1 fully saturated rings. The Morgan fingerprint density at radius 3 is 2.38 bits per heavy atom. The number of carbonyl (C=O) groups excluding carboxylic acids is 1. The van der Waals surface area contributed by atoms with Crippen LogP contribution in [0.25, 0.3) is 11.3 Å². The van der Waals surface area contributed by atoms with Gasteiger partial charge in [0.05, 0.1) is 6.20 Å². The first-order chi connectivity index (χ1) is 12.5. The van der Waals surface area contributed by atoms with Gasteiger partial charge < -0.3 is 9.73 Å². The van der Waals surface area contributed by atoms with E-state index in [1.165, 1.54) is 12.0 Å². The molecule has 1 heterocycles. The SMILES string of the molecule is CC1(C)CC1(CNC(=O)c1ccc(-c2cnco2)cc1)c1ccccc1. The van der Waals surface area contributed by atoms with E-state index >= 15 is 0 Å². The molecule has 1 aromatic heterocycles. The number of aromatic nitrogens is 1. The Hall–Kier alpha value is -2.88. The summed E-state index contributed by atoms with van der Waals surface area (Å²) in [5, 5.41) is 3.14. The van der Waals surface area contributed by atoms with Crippen molar-refractivity contribution >= 4 is 5.91 Å². The Kier molecular flexibility index (Phi) is 3.91. The first-order valence-electron chi connectivity index (χ1n) is 8.85. The number of nitrogens with one attached hydrogen (secondary N) is 1. The molecule has 0 bridgehead atoms. The molecule has 1 saturated carbocycles. The highest BCUT2D eigenvalue weighted by molar-refractivity contribution is 5.94. The van der Waals surface area contributed by atoms with E-state index in [9.17, 15) is 4.79 Å². The van der Waals surface area contributed by atoms with Gasteiger partial charge in [-0.25, -0.2) is 4.98 Å². The van der Waals surface area contributed by atoms with Gasteiger partial charge in [-0.2, -0.15) is 0 Å². The van der Waals surface area contributed by atoms with Gasteiger partial charge in [0.25, 0.3) is 5.91 Å². The highest BCUT2D eigenvalue weighted by Gasteiger charge is 2.61. The van der Waals surface area contributed by atoms with E-state index in [0.717, 1.165) is 12.0 Å². The number of benzene rings is 2. The molecular formula is C22H22N2O2. The van der Waals surface area contributed by atoms with Crippen LogP contribution in [0, 0.1) is 5.41 Å². The standard InChI is InChI=1S/C22H22N2O2/c1-21(2)13-22(21,18-6-4-3-5-7-18)14-24-20(25)17-10-8-16(9-11-17)19-12-23-15-26-19/h3-12,15H,13-14H2,1-2H3,(H,24,25). The third-order valence-electron chi connectivity index (χ3n) is 5.66. The molecule has 3 aromatic rings. The summed E-state index contributed by atoms with van der Waals surface area (Å²) < 4.78 is 5.28. The summed E-state index contributed by atoms with van der Waals surface area (Å²) in [5.74, 6) is 0.645. The van der Waals surface area contributed by atoms with Gasteiger partial charge in [0.1, 0.15) is 0 Å². The average molecular weight is 346 g/mol. The third-order valence-corrected chi connectivity index (χ3v) is 5.66. The summed E-state index contributed by atoms with van der Waals surface area (Å²) in [5.41, 5.74) is 3.06. The molecule has 1 aliphatic rings. The van der Waals surface area contributed by atoms with E-state index in [1.54, 1.807) is 6.20 Å². The zero-order chi connectivity index (χ0) is 18.2. The lowest BCUT2D eigenvalue weighted by atomic mass is 9.87. The molecule has 0 radical (unpaired) electrons. The number of hydrogen-bond acceptors (Lipinski definition) is 3.